The van der Waals surface area contributed by atoms with Gasteiger partial charge in [-0.3, -0.25) is 0 Å². The van der Waals surface area contributed by atoms with Gasteiger partial charge in [0.1, 0.15) is 5.60 Å². The van der Waals surface area contributed by atoms with Crippen molar-refractivity contribution in [3.05, 3.63) is 29.8 Å². The molecule has 2 aliphatic heterocycles. The summed E-state index contributed by atoms with van der Waals surface area (Å²) < 4.78 is 38.4. The SMILES string of the molecule is CC(C)c1ccc(S(=O)(=O)N2CCOC3(CCOC3)C2)cc1. The molecule has 0 bridgehead atoms. The zero-order valence-corrected chi connectivity index (χ0v) is 13.9. The van der Waals surface area contributed by atoms with Gasteiger partial charge in [-0.2, -0.15) is 4.31 Å². The second kappa shape index (κ2) is 5.92. The lowest BCUT2D eigenvalue weighted by Gasteiger charge is -2.38. The molecule has 0 N–H and O–H groups in total. The smallest absolute Gasteiger partial charge is 0.243 e. The fourth-order valence-corrected chi connectivity index (χ4v) is 4.51. The highest BCUT2D eigenvalue weighted by atomic mass is 32.2. The summed E-state index contributed by atoms with van der Waals surface area (Å²) in [6.07, 6.45) is 0.755. The Morgan fingerprint density at radius 1 is 1.18 bits per heavy atom. The lowest BCUT2D eigenvalue weighted by atomic mass is 10.0. The Balaban J connectivity index is 1.82. The summed E-state index contributed by atoms with van der Waals surface area (Å²) in [5.41, 5.74) is 0.685. The number of ether oxygens (including phenoxy) is 2. The van der Waals surface area contributed by atoms with Crippen molar-refractivity contribution in [1.82, 2.24) is 4.31 Å². The molecule has 122 valence electrons. The van der Waals surface area contributed by atoms with E-state index in [-0.39, 0.29) is 0 Å². The topological polar surface area (TPSA) is 55.8 Å². The first-order valence-electron chi connectivity index (χ1n) is 7.75. The molecule has 3 rings (SSSR count). The lowest BCUT2D eigenvalue weighted by molar-refractivity contribution is -0.0897. The van der Waals surface area contributed by atoms with Crippen molar-refractivity contribution in [3.63, 3.8) is 0 Å². The highest BCUT2D eigenvalue weighted by molar-refractivity contribution is 7.89. The summed E-state index contributed by atoms with van der Waals surface area (Å²) in [5, 5.41) is 0. The van der Waals surface area contributed by atoms with E-state index in [1.807, 2.05) is 12.1 Å². The summed E-state index contributed by atoms with van der Waals surface area (Å²) in [6.45, 7) is 6.50. The average molecular weight is 325 g/mol. The largest absolute Gasteiger partial charge is 0.378 e. The number of sulfonamides is 1. The first kappa shape index (κ1) is 15.9. The Kier molecular flexibility index (Phi) is 4.29. The molecule has 22 heavy (non-hydrogen) atoms. The molecule has 2 aliphatic rings. The van der Waals surface area contributed by atoms with E-state index in [1.165, 1.54) is 4.31 Å². The van der Waals surface area contributed by atoms with Gasteiger partial charge < -0.3 is 9.47 Å². The van der Waals surface area contributed by atoms with Gasteiger partial charge in [0.05, 0.1) is 18.1 Å². The zero-order valence-electron chi connectivity index (χ0n) is 13.1. The maximum absolute atomic E-state index is 12.8. The molecule has 1 atom stereocenters. The summed E-state index contributed by atoms with van der Waals surface area (Å²) in [7, 11) is -3.47. The first-order chi connectivity index (χ1) is 10.4. The van der Waals surface area contributed by atoms with Crippen molar-refractivity contribution in [1.29, 1.82) is 0 Å². The Bertz CT molecular complexity index is 618. The van der Waals surface area contributed by atoms with Crippen molar-refractivity contribution in [2.24, 2.45) is 0 Å². The average Bonchev–Trinajstić information content (AvgIpc) is 2.95. The predicted molar refractivity (Wildman–Crippen MR) is 83.4 cm³/mol. The van der Waals surface area contributed by atoms with Crippen molar-refractivity contribution in [2.75, 3.05) is 32.9 Å². The van der Waals surface area contributed by atoms with E-state index in [0.29, 0.717) is 43.7 Å². The van der Waals surface area contributed by atoms with Crippen LogP contribution in [0.5, 0.6) is 0 Å². The van der Waals surface area contributed by atoms with Crippen LogP contribution in [0.25, 0.3) is 0 Å². The van der Waals surface area contributed by atoms with Gasteiger partial charge in [0.25, 0.3) is 0 Å². The molecule has 1 aromatic rings. The van der Waals surface area contributed by atoms with Crippen LogP contribution in [0.2, 0.25) is 0 Å². The van der Waals surface area contributed by atoms with Gasteiger partial charge in [0, 0.05) is 26.1 Å². The normalized spacial score (nSPS) is 26.9. The number of hydrogen-bond donors (Lipinski definition) is 0. The van der Waals surface area contributed by atoms with E-state index in [1.54, 1.807) is 12.1 Å². The summed E-state index contributed by atoms with van der Waals surface area (Å²) in [6, 6.07) is 7.20. The van der Waals surface area contributed by atoms with E-state index < -0.39 is 15.6 Å². The predicted octanol–water partition coefficient (Wildman–Crippen LogP) is 1.99. The molecule has 0 amide bonds. The van der Waals surface area contributed by atoms with Crippen LogP contribution in [0.4, 0.5) is 0 Å². The minimum atomic E-state index is -3.47. The Morgan fingerprint density at radius 3 is 2.50 bits per heavy atom. The summed E-state index contributed by atoms with van der Waals surface area (Å²) in [4.78, 5) is 0.355. The van der Waals surface area contributed by atoms with Crippen LogP contribution in [0.1, 0.15) is 31.7 Å². The van der Waals surface area contributed by atoms with Crippen LogP contribution in [0.15, 0.2) is 29.2 Å². The van der Waals surface area contributed by atoms with Crippen LogP contribution in [-0.2, 0) is 19.5 Å². The lowest BCUT2D eigenvalue weighted by Crippen LogP contribution is -2.54. The van der Waals surface area contributed by atoms with Gasteiger partial charge in [0.2, 0.25) is 10.0 Å². The number of nitrogens with zero attached hydrogens (tertiary/aromatic N) is 1. The van der Waals surface area contributed by atoms with Gasteiger partial charge in [0.15, 0.2) is 0 Å². The fraction of sp³-hybridized carbons (Fsp3) is 0.625. The molecular formula is C16H23NO4S. The van der Waals surface area contributed by atoms with Crippen LogP contribution in [-0.4, -0.2) is 51.2 Å². The van der Waals surface area contributed by atoms with E-state index in [4.69, 9.17) is 9.47 Å². The van der Waals surface area contributed by atoms with Crippen molar-refractivity contribution < 1.29 is 17.9 Å². The fourth-order valence-electron chi connectivity index (χ4n) is 3.02. The van der Waals surface area contributed by atoms with Gasteiger partial charge in [-0.1, -0.05) is 26.0 Å². The van der Waals surface area contributed by atoms with E-state index in [9.17, 15) is 8.42 Å². The molecule has 0 aromatic heterocycles. The molecule has 0 saturated carbocycles. The number of rotatable bonds is 3. The molecule has 2 heterocycles. The third-order valence-corrected chi connectivity index (χ3v) is 6.32. The second-order valence-corrected chi connectivity index (χ2v) is 8.33. The summed E-state index contributed by atoms with van der Waals surface area (Å²) in [5.74, 6) is 0.388. The van der Waals surface area contributed by atoms with Crippen molar-refractivity contribution >= 4 is 10.0 Å². The standard InChI is InChI=1S/C16H23NO4S/c1-13(2)14-3-5-15(6-4-14)22(18,19)17-8-10-21-16(11-17)7-9-20-12-16/h3-6,13H,7-12H2,1-2H3. The molecule has 1 spiro atoms. The third kappa shape index (κ3) is 2.93. The zero-order chi connectivity index (χ0) is 15.8. The van der Waals surface area contributed by atoms with E-state index >= 15 is 0 Å². The van der Waals surface area contributed by atoms with Gasteiger partial charge in [-0.05, 0) is 23.6 Å². The van der Waals surface area contributed by atoms with Gasteiger partial charge in [-0.15, -0.1) is 0 Å². The van der Waals surface area contributed by atoms with Crippen molar-refractivity contribution in [3.8, 4) is 0 Å². The minimum absolute atomic E-state index is 0.355. The molecule has 2 saturated heterocycles. The number of benzene rings is 1. The molecule has 2 fully saturated rings. The Labute approximate surface area is 132 Å². The van der Waals surface area contributed by atoms with Gasteiger partial charge >= 0.3 is 0 Å². The molecule has 1 unspecified atom stereocenters. The quantitative estimate of drug-likeness (QED) is 0.853. The van der Waals surface area contributed by atoms with Crippen LogP contribution < -0.4 is 0 Å². The van der Waals surface area contributed by atoms with Crippen molar-refractivity contribution in [2.45, 2.75) is 36.7 Å². The molecule has 0 radical (unpaired) electrons. The van der Waals surface area contributed by atoms with E-state index in [0.717, 1.165) is 12.0 Å². The Hall–Kier alpha value is -0.950. The molecule has 6 heteroatoms. The molecule has 0 aliphatic carbocycles. The van der Waals surface area contributed by atoms with E-state index in [2.05, 4.69) is 13.8 Å². The third-order valence-electron chi connectivity index (χ3n) is 4.47. The number of hydrogen-bond acceptors (Lipinski definition) is 4. The maximum atomic E-state index is 12.8. The molecule has 1 aromatic carbocycles. The van der Waals surface area contributed by atoms with Crippen LogP contribution >= 0.6 is 0 Å². The number of morpholine rings is 1. The second-order valence-electron chi connectivity index (χ2n) is 6.40. The molecular weight excluding hydrogens is 302 g/mol. The monoisotopic (exact) mass is 325 g/mol. The van der Waals surface area contributed by atoms with Crippen LogP contribution in [0.3, 0.4) is 0 Å². The van der Waals surface area contributed by atoms with Gasteiger partial charge in [-0.25, -0.2) is 8.42 Å². The molecule has 5 nitrogen and oxygen atoms in total. The first-order valence-corrected chi connectivity index (χ1v) is 9.19. The maximum Gasteiger partial charge on any atom is 0.243 e. The highest BCUT2D eigenvalue weighted by Crippen LogP contribution is 2.30. The van der Waals surface area contributed by atoms with Crippen LogP contribution in [0, 0.1) is 0 Å². The summed E-state index contributed by atoms with van der Waals surface area (Å²) >= 11 is 0. The minimum Gasteiger partial charge on any atom is -0.378 e. The highest BCUT2D eigenvalue weighted by Gasteiger charge is 2.43. The Morgan fingerprint density at radius 2 is 1.91 bits per heavy atom.